The second-order valence-electron chi connectivity index (χ2n) is 6.27. The Morgan fingerprint density at radius 3 is 2.25 bits per heavy atom. The highest BCUT2D eigenvalue weighted by Gasteiger charge is 2.23. The quantitative estimate of drug-likeness (QED) is 0.610. The molecule has 2 aromatic rings. The molecule has 1 aromatic heterocycles. The Kier molecular flexibility index (Phi) is 4.48. The summed E-state index contributed by atoms with van der Waals surface area (Å²) in [7, 11) is 0. The van der Waals surface area contributed by atoms with Crippen molar-refractivity contribution in [2.45, 2.75) is 46.0 Å². The molecule has 1 nitrogen and oxygen atoms in total. The van der Waals surface area contributed by atoms with Crippen molar-refractivity contribution in [1.29, 1.82) is 0 Å². The van der Waals surface area contributed by atoms with E-state index in [1.54, 1.807) is 11.3 Å². The number of hydrogen-bond acceptors (Lipinski definition) is 2. The first-order valence-corrected chi connectivity index (χ1v) is 8.24. The molecule has 0 saturated carbocycles. The molecule has 0 atom stereocenters. The van der Waals surface area contributed by atoms with Crippen LogP contribution in [0.1, 0.15) is 50.4 Å². The Balaban J connectivity index is 2.60. The molecule has 0 N–H and O–H groups in total. The summed E-state index contributed by atoms with van der Waals surface area (Å²) in [4.78, 5) is 6.16. The lowest BCUT2D eigenvalue weighted by Crippen LogP contribution is -2.10. The van der Waals surface area contributed by atoms with E-state index in [0.29, 0.717) is 16.0 Å². The van der Waals surface area contributed by atoms with E-state index in [4.69, 9.17) is 28.2 Å². The highest BCUT2D eigenvalue weighted by molar-refractivity contribution is 7.12. The highest BCUT2D eigenvalue weighted by Crippen LogP contribution is 2.39. The van der Waals surface area contributed by atoms with E-state index >= 15 is 0 Å². The third-order valence-electron chi connectivity index (χ3n) is 3.01. The van der Waals surface area contributed by atoms with Crippen LogP contribution in [0.15, 0.2) is 18.2 Å². The number of aromatic nitrogens is 1. The Labute approximate surface area is 135 Å². The number of halogens is 2. The summed E-state index contributed by atoms with van der Waals surface area (Å²) in [6.07, 6.45) is 0. The van der Waals surface area contributed by atoms with Crippen LogP contribution in [-0.4, -0.2) is 4.98 Å². The predicted octanol–water partition coefficient (Wildman–Crippen LogP) is 6.54. The van der Waals surface area contributed by atoms with Crippen LogP contribution in [0, 0.1) is 0 Å². The van der Waals surface area contributed by atoms with E-state index in [1.165, 1.54) is 4.88 Å². The zero-order valence-electron chi connectivity index (χ0n) is 12.4. The second-order valence-corrected chi connectivity index (χ2v) is 8.11. The van der Waals surface area contributed by atoms with Crippen molar-refractivity contribution in [2.75, 3.05) is 0 Å². The molecule has 0 spiro atoms. The van der Waals surface area contributed by atoms with E-state index in [0.717, 1.165) is 16.3 Å². The van der Waals surface area contributed by atoms with Crippen molar-refractivity contribution in [3.05, 3.63) is 38.1 Å². The van der Waals surface area contributed by atoms with Crippen molar-refractivity contribution >= 4 is 34.5 Å². The van der Waals surface area contributed by atoms with Gasteiger partial charge in [0, 0.05) is 15.9 Å². The smallest absolute Gasteiger partial charge is 0.0989 e. The molecule has 1 aromatic carbocycles. The average Bonchev–Trinajstić information content (AvgIpc) is 2.77. The van der Waals surface area contributed by atoms with E-state index in [1.807, 2.05) is 18.2 Å². The molecule has 20 heavy (non-hydrogen) atoms. The standard InChI is InChI=1S/C16H19Cl2NS/c1-9(2)14-13(19-15(20-14)16(3,4)5)10-6-7-11(17)12(18)8-10/h6-9H,1-5H3. The van der Waals surface area contributed by atoms with Crippen molar-refractivity contribution < 1.29 is 0 Å². The number of hydrogen-bond donors (Lipinski definition) is 0. The van der Waals surface area contributed by atoms with Gasteiger partial charge in [-0.3, -0.25) is 0 Å². The third kappa shape index (κ3) is 3.19. The van der Waals surface area contributed by atoms with Crippen LogP contribution in [0.4, 0.5) is 0 Å². The maximum atomic E-state index is 6.14. The SMILES string of the molecule is CC(C)c1sc(C(C)(C)C)nc1-c1ccc(Cl)c(Cl)c1. The molecule has 108 valence electrons. The monoisotopic (exact) mass is 327 g/mol. The molecule has 0 unspecified atom stereocenters. The molecule has 1 heterocycles. The maximum absolute atomic E-state index is 6.14. The van der Waals surface area contributed by atoms with Gasteiger partial charge in [0.1, 0.15) is 0 Å². The van der Waals surface area contributed by atoms with Gasteiger partial charge in [0.25, 0.3) is 0 Å². The van der Waals surface area contributed by atoms with E-state index < -0.39 is 0 Å². The molecular weight excluding hydrogens is 309 g/mol. The van der Waals surface area contributed by atoms with Gasteiger partial charge in [-0.2, -0.15) is 0 Å². The Bertz CT molecular complexity index is 624. The van der Waals surface area contributed by atoms with Crippen LogP contribution in [-0.2, 0) is 5.41 Å². The largest absolute Gasteiger partial charge is 0.240 e. The second kappa shape index (κ2) is 5.67. The average molecular weight is 328 g/mol. The van der Waals surface area contributed by atoms with Crippen LogP contribution < -0.4 is 0 Å². The summed E-state index contributed by atoms with van der Waals surface area (Å²) >= 11 is 13.9. The number of rotatable bonds is 2. The number of nitrogens with zero attached hydrogens (tertiary/aromatic N) is 1. The van der Waals surface area contributed by atoms with Gasteiger partial charge in [0.15, 0.2) is 0 Å². The van der Waals surface area contributed by atoms with Crippen molar-refractivity contribution in [3.8, 4) is 11.3 Å². The summed E-state index contributed by atoms with van der Waals surface area (Å²) in [5.41, 5.74) is 2.13. The summed E-state index contributed by atoms with van der Waals surface area (Å²) in [5.74, 6) is 0.438. The topological polar surface area (TPSA) is 12.9 Å². The number of benzene rings is 1. The summed E-state index contributed by atoms with van der Waals surface area (Å²) in [5, 5.41) is 2.30. The summed E-state index contributed by atoms with van der Waals surface area (Å²) < 4.78 is 0. The first-order chi connectivity index (χ1) is 9.20. The van der Waals surface area contributed by atoms with Gasteiger partial charge in [0.05, 0.1) is 20.7 Å². The fourth-order valence-electron chi connectivity index (χ4n) is 1.89. The maximum Gasteiger partial charge on any atom is 0.0989 e. The van der Waals surface area contributed by atoms with E-state index in [9.17, 15) is 0 Å². The molecule has 0 aliphatic carbocycles. The Morgan fingerprint density at radius 1 is 1.10 bits per heavy atom. The Morgan fingerprint density at radius 2 is 1.75 bits per heavy atom. The van der Waals surface area contributed by atoms with Gasteiger partial charge in [-0.25, -0.2) is 4.98 Å². The lowest BCUT2D eigenvalue weighted by Gasteiger charge is -2.13. The summed E-state index contributed by atoms with van der Waals surface area (Å²) in [6, 6.07) is 5.72. The van der Waals surface area contributed by atoms with Gasteiger partial charge < -0.3 is 0 Å². The van der Waals surface area contributed by atoms with Crippen molar-refractivity contribution in [1.82, 2.24) is 4.98 Å². The predicted molar refractivity (Wildman–Crippen MR) is 90.4 cm³/mol. The highest BCUT2D eigenvalue weighted by atomic mass is 35.5. The lowest BCUT2D eigenvalue weighted by atomic mass is 9.98. The van der Waals surface area contributed by atoms with E-state index in [-0.39, 0.29) is 5.41 Å². The van der Waals surface area contributed by atoms with E-state index in [2.05, 4.69) is 34.6 Å². The van der Waals surface area contributed by atoms with Crippen LogP contribution in [0.3, 0.4) is 0 Å². The van der Waals surface area contributed by atoms with Gasteiger partial charge in [-0.15, -0.1) is 11.3 Å². The third-order valence-corrected chi connectivity index (χ3v) is 5.53. The first-order valence-electron chi connectivity index (χ1n) is 6.66. The molecule has 0 saturated heterocycles. The Hall–Kier alpha value is -0.570. The molecule has 4 heteroatoms. The number of thiazole rings is 1. The normalized spacial score (nSPS) is 12.2. The fraction of sp³-hybridized carbons (Fsp3) is 0.438. The minimum Gasteiger partial charge on any atom is -0.240 e. The van der Waals surface area contributed by atoms with Crippen LogP contribution in [0.5, 0.6) is 0 Å². The zero-order valence-corrected chi connectivity index (χ0v) is 14.7. The molecule has 2 rings (SSSR count). The molecule has 0 aliphatic heterocycles. The first kappa shape index (κ1) is 15.8. The minimum atomic E-state index is 0.0583. The lowest BCUT2D eigenvalue weighted by molar-refractivity contribution is 0.586. The van der Waals surface area contributed by atoms with Crippen molar-refractivity contribution in [3.63, 3.8) is 0 Å². The molecule has 0 radical (unpaired) electrons. The van der Waals surface area contributed by atoms with Gasteiger partial charge >= 0.3 is 0 Å². The van der Waals surface area contributed by atoms with Crippen LogP contribution in [0.25, 0.3) is 11.3 Å². The molecule has 0 aliphatic rings. The van der Waals surface area contributed by atoms with Crippen LogP contribution >= 0.6 is 34.5 Å². The molecule has 0 amide bonds. The fourth-order valence-corrected chi connectivity index (χ4v) is 3.34. The summed E-state index contributed by atoms with van der Waals surface area (Å²) in [6.45, 7) is 11.0. The molecular formula is C16H19Cl2NS. The molecule has 0 bridgehead atoms. The molecule has 0 fully saturated rings. The minimum absolute atomic E-state index is 0.0583. The van der Waals surface area contributed by atoms with Crippen LogP contribution in [0.2, 0.25) is 10.0 Å². The van der Waals surface area contributed by atoms with Gasteiger partial charge in [-0.1, -0.05) is 63.9 Å². The van der Waals surface area contributed by atoms with Crippen molar-refractivity contribution in [2.24, 2.45) is 0 Å². The van der Waals surface area contributed by atoms with Gasteiger partial charge in [0.2, 0.25) is 0 Å². The van der Waals surface area contributed by atoms with Gasteiger partial charge in [-0.05, 0) is 18.1 Å². The zero-order chi connectivity index (χ0) is 15.1.